The number of nitrogens with zero attached hydrogens (tertiary/aromatic N) is 1. The molecular weight excluding hydrogens is 326 g/mol. The highest BCUT2D eigenvalue weighted by Gasteiger charge is 2.30. The van der Waals surface area contributed by atoms with Crippen molar-refractivity contribution in [1.82, 2.24) is 10.2 Å². The molecule has 4 nitrogen and oxygen atoms in total. The SMILES string of the molecule is O=C(Cc1cccc(F)c1)NC1CC(=O)N(Cc2ccc(F)cc2)C1. The van der Waals surface area contributed by atoms with Crippen LogP contribution in [0.5, 0.6) is 0 Å². The van der Waals surface area contributed by atoms with Crippen molar-refractivity contribution in [3.05, 3.63) is 71.3 Å². The molecule has 2 aromatic rings. The third-order valence-corrected chi connectivity index (χ3v) is 4.12. The van der Waals surface area contributed by atoms with Gasteiger partial charge in [0.2, 0.25) is 11.8 Å². The molecule has 2 aromatic carbocycles. The Labute approximate surface area is 144 Å². The highest BCUT2D eigenvalue weighted by Crippen LogP contribution is 2.16. The molecule has 6 heteroatoms. The summed E-state index contributed by atoms with van der Waals surface area (Å²) in [5.74, 6) is -1.00. The standard InChI is InChI=1S/C19H18F2N2O2/c20-15-6-4-13(5-7-15)11-23-12-17(10-19(23)25)22-18(24)9-14-2-1-3-16(21)8-14/h1-8,17H,9-12H2,(H,22,24). The highest BCUT2D eigenvalue weighted by molar-refractivity contribution is 5.83. The topological polar surface area (TPSA) is 49.4 Å². The number of halogens is 2. The lowest BCUT2D eigenvalue weighted by Crippen LogP contribution is -2.37. The fourth-order valence-electron chi connectivity index (χ4n) is 2.94. The summed E-state index contributed by atoms with van der Waals surface area (Å²) in [6.45, 7) is 0.792. The maximum absolute atomic E-state index is 13.2. The maximum atomic E-state index is 13.2. The third kappa shape index (κ3) is 4.62. The molecule has 25 heavy (non-hydrogen) atoms. The molecule has 1 saturated heterocycles. The zero-order chi connectivity index (χ0) is 17.8. The lowest BCUT2D eigenvalue weighted by atomic mass is 10.1. The van der Waals surface area contributed by atoms with E-state index in [4.69, 9.17) is 0 Å². The molecule has 0 saturated carbocycles. The lowest BCUT2D eigenvalue weighted by Gasteiger charge is -2.17. The minimum atomic E-state index is -0.383. The van der Waals surface area contributed by atoms with Crippen molar-refractivity contribution in [1.29, 1.82) is 0 Å². The number of hydrogen-bond acceptors (Lipinski definition) is 2. The Kier molecular flexibility index (Phi) is 5.07. The van der Waals surface area contributed by atoms with E-state index in [1.807, 2.05) is 0 Å². The molecule has 1 N–H and O–H groups in total. The van der Waals surface area contributed by atoms with Crippen molar-refractivity contribution >= 4 is 11.8 Å². The Bertz CT molecular complexity index is 777. The van der Waals surface area contributed by atoms with E-state index in [9.17, 15) is 18.4 Å². The number of hydrogen-bond donors (Lipinski definition) is 1. The van der Waals surface area contributed by atoms with Gasteiger partial charge in [0.25, 0.3) is 0 Å². The molecule has 130 valence electrons. The number of nitrogens with one attached hydrogen (secondary N) is 1. The van der Waals surface area contributed by atoms with Crippen molar-refractivity contribution in [2.24, 2.45) is 0 Å². The van der Waals surface area contributed by atoms with Crippen molar-refractivity contribution in [3.63, 3.8) is 0 Å². The van der Waals surface area contributed by atoms with Gasteiger partial charge in [-0.3, -0.25) is 9.59 Å². The normalized spacial score (nSPS) is 17.0. The molecule has 1 heterocycles. The second-order valence-electron chi connectivity index (χ2n) is 6.18. The van der Waals surface area contributed by atoms with Crippen LogP contribution in [0.4, 0.5) is 8.78 Å². The number of amides is 2. The van der Waals surface area contributed by atoms with E-state index in [1.54, 1.807) is 29.2 Å². The smallest absolute Gasteiger partial charge is 0.225 e. The van der Waals surface area contributed by atoms with Gasteiger partial charge in [-0.2, -0.15) is 0 Å². The molecule has 1 fully saturated rings. The molecular formula is C19H18F2N2O2. The number of likely N-dealkylation sites (tertiary alicyclic amines) is 1. The van der Waals surface area contributed by atoms with Crippen molar-refractivity contribution < 1.29 is 18.4 Å². The first-order valence-electron chi connectivity index (χ1n) is 8.05. The number of carbonyl (C=O) groups excluding carboxylic acids is 2. The first-order valence-corrected chi connectivity index (χ1v) is 8.05. The van der Waals surface area contributed by atoms with Crippen LogP contribution in [0.2, 0.25) is 0 Å². The average Bonchev–Trinajstić information content (AvgIpc) is 2.88. The summed E-state index contributed by atoms with van der Waals surface area (Å²) in [6, 6.07) is 11.6. The Morgan fingerprint density at radius 2 is 1.84 bits per heavy atom. The van der Waals surface area contributed by atoms with E-state index in [2.05, 4.69) is 5.32 Å². The van der Waals surface area contributed by atoms with E-state index in [0.29, 0.717) is 18.7 Å². The van der Waals surface area contributed by atoms with Gasteiger partial charge in [0.1, 0.15) is 11.6 Å². The van der Waals surface area contributed by atoms with Gasteiger partial charge < -0.3 is 10.2 Å². The molecule has 0 radical (unpaired) electrons. The molecule has 1 unspecified atom stereocenters. The van der Waals surface area contributed by atoms with E-state index in [-0.39, 0.29) is 42.3 Å². The predicted molar refractivity (Wildman–Crippen MR) is 88.5 cm³/mol. The van der Waals surface area contributed by atoms with Crippen LogP contribution in [-0.4, -0.2) is 29.3 Å². The van der Waals surface area contributed by atoms with Crippen LogP contribution in [0.15, 0.2) is 48.5 Å². The Balaban J connectivity index is 1.53. The quantitative estimate of drug-likeness (QED) is 0.906. The maximum Gasteiger partial charge on any atom is 0.225 e. The van der Waals surface area contributed by atoms with Crippen LogP contribution in [0.3, 0.4) is 0 Å². The number of carbonyl (C=O) groups is 2. The summed E-state index contributed by atoms with van der Waals surface area (Å²) in [5, 5.41) is 2.82. The lowest BCUT2D eigenvalue weighted by molar-refractivity contribution is -0.128. The molecule has 1 aliphatic heterocycles. The van der Waals surface area contributed by atoms with Gasteiger partial charge in [0.15, 0.2) is 0 Å². The third-order valence-electron chi connectivity index (χ3n) is 4.12. The van der Waals surface area contributed by atoms with Crippen molar-refractivity contribution in [2.45, 2.75) is 25.4 Å². The van der Waals surface area contributed by atoms with E-state index in [1.165, 1.54) is 24.3 Å². The van der Waals surface area contributed by atoms with Gasteiger partial charge in [-0.15, -0.1) is 0 Å². The van der Waals surface area contributed by atoms with Crippen LogP contribution < -0.4 is 5.32 Å². The monoisotopic (exact) mass is 344 g/mol. The molecule has 0 bridgehead atoms. The minimum absolute atomic E-state index is 0.0552. The van der Waals surface area contributed by atoms with Crippen LogP contribution in [-0.2, 0) is 22.6 Å². The Morgan fingerprint density at radius 1 is 1.08 bits per heavy atom. The molecule has 2 amide bonds. The molecule has 0 spiro atoms. The van der Waals surface area contributed by atoms with Gasteiger partial charge in [0, 0.05) is 19.5 Å². The molecule has 1 atom stereocenters. The Morgan fingerprint density at radius 3 is 2.56 bits per heavy atom. The highest BCUT2D eigenvalue weighted by atomic mass is 19.1. The van der Waals surface area contributed by atoms with Crippen molar-refractivity contribution in [2.75, 3.05) is 6.54 Å². The molecule has 3 rings (SSSR count). The number of rotatable bonds is 5. The zero-order valence-electron chi connectivity index (χ0n) is 13.5. The second-order valence-corrected chi connectivity index (χ2v) is 6.18. The first-order chi connectivity index (χ1) is 12.0. The fraction of sp³-hybridized carbons (Fsp3) is 0.263. The Hall–Kier alpha value is -2.76. The van der Waals surface area contributed by atoms with E-state index >= 15 is 0 Å². The van der Waals surface area contributed by atoms with Gasteiger partial charge in [-0.25, -0.2) is 8.78 Å². The summed E-state index contributed by atoms with van der Waals surface area (Å²) in [7, 11) is 0. The summed E-state index contributed by atoms with van der Waals surface area (Å²) < 4.78 is 26.1. The van der Waals surface area contributed by atoms with Gasteiger partial charge in [0.05, 0.1) is 12.5 Å². The van der Waals surface area contributed by atoms with E-state index in [0.717, 1.165) is 5.56 Å². The fourth-order valence-corrected chi connectivity index (χ4v) is 2.94. The molecule has 0 aromatic heterocycles. The second kappa shape index (κ2) is 7.42. The molecule has 0 aliphatic carbocycles. The predicted octanol–water partition coefficient (Wildman–Crippen LogP) is 2.42. The summed E-state index contributed by atoms with van der Waals surface area (Å²) in [6.07, 6.45) is 0.302. The van der Waals surface area contributed by atoms with Gasteiger partial charge >= 0.3 is 0 Å². The summed E-state index contributed by atoms with van der Waals surface area (Å²) in [5.41, 5.74) is 1.42. The van der Waals surface area contributed by atoms with Gasteiger partial charge in [-0.1, -0.05) is 24.3 Å². The van der Waals surface area contributed by atoms with Crippen LogP contribution in [0.25, 0.3) is 0 Å². The van der Waals surface area contributed by atoms with Gasteiger partial charge in [-0.05, 0) is 35.4 Å². The summed E-state index contributed by atoms with van der Waals surface area (Å²) in [4.78, 5) is 25.8. The number of benzene rings is 2. The van der Waals surface area contributed by atoms with Crippen LogP contribution in [0, 0.1) is 11.6 Å². The average molecular weight is 344 g/mol. The van der Waals surface area contributed by atoms with Crippen molar-refractivity contribution in [3.8, 4) is 0 Å². The molecule has 1 aliphatic rings. The zero-order valence-corrected chi connectivity index (χ0v) is 13.5. The minimum Gasteiger partial charge on any atom is -0.351 e. The largest absolute Gasteiger partial charge is 0.351 e. The summed E-state index contributed by atoms with van der Waals surface area (Å²) >= 11 is 0. The van der Waals surface area contributed by atoms with Crippen LogP contribution in [0.1, 0.15) is 17.5 Å². The van der Waals surface area contributed by atoms with E-state index < -0.39 is 0 Å². The van der Waals surface area contributed by atoms with Crippen LogP contribution >= 0.6 is 0 Å². The first kappa shape index (κ1) is 17.1.